The number of esters is 1. The van der Waals surface area contributed by atoms with Crippen LogP contribution in [-0.2, 0) is 4.79 Å². The lowest BCUT2D eigenvalue weighted by atomic mass is 10.1. The molecule has 0 saturated carbocycles. The van der Waals surface area contributed by atoms with Crippen LogP contribution in [0.3, 0.4) is 0 Å². The molecule has 17 heavy (non-hydrogen) atoms. The Bertz CT molecular complexity index is 435. The van der Waals surface area contributed by atoms with Crippen LogP contribution in [0.4, 0.5) is 0 Å². The van der Waals surface area contributed by atoms with Gasteiger partial charge in [0.15, 0.2) is 11.5 Å². The number of carbonyl (C=O) groups excluding carboxylic acids is 2. The summed E-state index contributed by atoms with van der Waals surface area (Å²) in [6.45, 7) is 5.25. The molecule has 92 valence electrons. The summed E-state index contributed by atoms with van der Waals surface area (Å²) in [6, 6.07) is 3.17. The molecule has 0 radical (unpaired) electrons. The monoisotopic (exact) mass is 236 g/mol. The van der Waals surface area contributed by atoms with Crippen molar-refractivity contribution in [2.75, 3.05) is 7.11 Å². The lowest BCUT2D eigenvalue weighted by molar-refractivity contribution is -0.137. The van der Waals surface area contributed by atoms with E-state index in [0.29, 0.717) is 22.6 Å². The smallest absolute Gasteiger partial charge is 0.313 e. The second-order valence-electron chi connectivity index (χ2n) is 4.00. The van der Waals surface area contributed by atoms with Crippen molar-refractivity contribution in [2.45, 2.75) is 20.8 Å². The largest absolute Gasteiger partial charge is 0.493 e. The molecule has 0 aromatic heterocycles. The first-order chi connectivity index (χ1) is 8.01. The molecule has 1 aromatic rings. The van der Waals surface area contributed by atoms with Gasteiger partial charge in [-0.3, -0.25) is 9.59 Å². The Kier molecular flexibility index (Phi) is 4.26. The standard InChI is InChI=1S/C13H16O4/c1-8(2)13(15)17-11-6-5-10(7-14)9(3)12(11)16-4/h5-8H,1-4H3. The molecule has 0 heterocycles. The minimum atomic E-state index is -0.332. The average Bonchev–Trinajstić information content (AvgIpc) is 2.29. The molecule has 0 aliphatic rings. The normalized spacial score (nSPS) is 10.2. The molecular formula is C13H16O4. The van der Waals surface area contributed by atoms with Gasteiger partial charge in [-0.15, -0.1) is 0 Å². The zero-order valence-electron chi connectivity index (χ0n) is 10.4. The van der Waals surface area contributed by atoms with Gasteiger partial charge in [-0.25, -0.2) is 0 Å². The van der Waals surface area contributed by atoms with Gasteiger partial charge in [0.2, 0.25) is 0 Å². The third-order valence-electron chi connectivity index (χ3n) is 2.42. The highest BCUT2D eigenvalue weighted by atomic mass is 16.6. The Morgan fingerprint density at radius 1 is 1.35 bits per heavy atom. The second-order valence-corrected chi connectivity index (χ2v) is 4.00. The molecule has 0 N–H and O–H groups in total. The number of rotatable bonds is 4. The van der Waals surface area contributed by atoms with E-state index in [-0.39, 0.29) is 11.9 Å². The fourth-order valence-electron chi connectivity index (χ4n) is 1.37. The first-order valence-electron chi connectivity index (χ1n) is 5.35. The van der Waals surface area contributed by atoms with Crippen molar-refractivity contribution in [3.8, 4) is 11.5 Å². The van der Waals surface area contributed by atoms with Gasteiger partial charge in [-0.2, -0.15) is 0 Å². The molecule has 1 rings (SSSR count). The molecule has 0 aliphatic heterocycles. The summed E-state index contributed by atoms with van der Waals surface area (Å²) in [5.74, 6) is 0.213. The average molecular weight is 236 g/mol. The summed E-state index contributed by atoms with van der Waals surface area (Å²) >= 11 is 0. The number of carbonyl (C=O) groups is 2. The zero-order valence-corrected chi connectivity index (χ0v) is 10.4. The lowest BCUT2D eigenvalue weighted by Crippen LogP contribution is -2.15. The number of ether oxygens (including phenoxy) is 2. The van der Waals surface area contributed by atoms with Crippen molar-refractivity contribution >= 4 is 12.3 Å². The summed E-state index contributed by atoms with van der Waals surface area (Å²) < 4.78 is 10.4. The van der Waals surface area contributed by atoms with Gasteiger partial charge < -0.3 is 9.47 Å². The van der Waals surface area contributed by atoms with Gasteiger partial charge in [0.05, 0.1) is 13.0 Å². The van der Waals surface area contributed by atoms with Gasteiger partial charge in [-0.05, 0) is 19.1 Å². The summed E-state index contributed by atoms with van der Waals surface area (Å²) in [5, 5.41) is 0. The topological polar surface area (TPSA) is 52.6 Å². The van der Waals surface area contributed by atoms with Crippen LogP contribution in [0.2, 0.25) is 0 Å². The van der Waals surface area contributed by atoms with E-state index in [9.17, 15) is 9.59 Å². The van der Waals surface area contributed by atoms with Gasteiger partial charge in [0.1, 0.15) is 6.29 Å². The van der Waals surface area contributed by atoms with Crippen LogP contribution < -0.4 is 9.47 Å². The molecule has 0 amide bonds. The van der Waals surface area contributed by atoms with E-state index in [1.54, 1.807) is 32.9 Å². The van der Waals surface area contributed by atoms with E-state index in [1.165, 1.54) is 7.11 Å². The predicted molar refractivity (Wildman–Crippen MR) is 63.6 cm³/mol. The van der Waals surface area contributed by atoms with Crippen molar-refractivity contribution in [3.05, 3.63) is 23.3 Å². The molecule has 0 fully saturated rings. The minimum Gasteiger partial charge on any atom is -0.493 e. The Morgan fingerprint density at radius 2 is 2.00 bits per heavy atom. The van der Waals surface area contributed by atoms with Crippen molar-refractivity contribution in [2.24, 2.45) is 5.92 Å². The number of hydrogen-bond acceptors (Lipinski definition) is 4. The Hall–Kier alpha value is -1.84. The van der Waals surface area contributed by atoms with Crippen LogP contribution in [0, 0.1) is 12.8 Å². The number of benzene rings is 1. The quantitative estimate of drug-likeness (QED) is 0.457. The van der Waals surface area contributed by atoms with Crippen LogP contribution in [0.5, 0.6) is 11.5 Å². The first-order valence-corrected chi connectivity index (χ1v) is 5.35. The summed E-state index contributed by atoms with van der Waals surface area (Å²) in [7, 11) is 1.48. The van der Waals surface area contributed by atoms with E-state index in [4.69, 9.17) is 9.47 Å². The van der Waals surface area contributed by atoms with Crippen LogP contribution >= 0.6 is 0 Å². The maximum absolute atomic E-state index is 11.5. The maximum Gasteiger partial charge on any atom is 0.313 e. The highest BCUT2D eigenvalue weighted by Gasteiger charge is 2.16. The summed E-state index contributed by atoms with van der Waals surface area (Å²) in [5.41, 5.74) is 1.18. The van der Waals surface area contributed by atoms with Crippen molar-refractivity contribution in [1.82, 2.24) is 0 Å². The number of aldehydes is 1. The Balaban J connectivity index is 3.13. The van der Waals surface area contributed by atoms with E-state index in [2.05, 4.69) is 0 Å². The van der Waals surface area contributed by atoms with Crippen molar-refractivity contribution < 1.29 is 19.1 Å². The molecular weight excluding hydrogens is 220 g/mol. The summed E-state index contributed by atoms with van der Waals surface area (Å²) in [4.78, 5) is 22.3. The van der Waals surface area contributed by atoms with Crippen molar-refractivity contribution in [3.63, 3.8) is 0 Å². The molecule has 0 aliphatic carbocycles. The zero-order chi connectivity index (χ0) is 13.0. The van der Waals surface area contributed by atoms with E-state index < -0.39 is 0 Å². The van der Waals surface area contributed by atoms with Gasteiger partial charge in [0, 0.05) is 11.1 Å². The Labute approximate surface area is 101 Å². The van der Waals surface area contributed by atoms with Gasteiger partial charge in [-0.1, -0.05) is 13.8 Å². The highest BCUT2D eigenvalue weighted by Crippen LogP contribution is 2.32. The molecule has 4 heteroatoms. The maximum atomic E-state index is 11.5. The summed E-state index contributed by atoms with van der Waals surface area (Å²) in [6.07, 6.45) is 0.742. The molecule has 0 spiro atoms. The van der Waals surface area contributed by atoms with Crippen LogP contribution in [0.25, 0.3) is 0 Å². The van der Waals surface area contributed by atoms with Gasteiger partial charge in [0.25, 0.3) is 0 Å². The second kappa shape index (κ2) is 5.48. The number of methoxy groups -OCH3 is 1. The third kappa shape index (κ3) is 2.84. The number of hydrogen-bond donors (Lipinski definition) is 0. The van der Waals surface area contributed by atoms with E-state index >= 15 is 0 Å². The predicted octanol–water partition coefficient (Wildman–Crippen LogP) is 2.38. The first kappa shape index (κ1) is 13.2. The van der Waals surface area contributed by atoms with E-state index in [1.807, 2.05) is 0 Å². The molecule has 0 saturated heterocycles. The molecule has 4 nitrogen and oxygen atoms in total. The lowest BCUT2D eigenvalue weighted by Gasteiger charge is -2.13. The fourth-order valence-corrected chi connectivity index (χ4v) is 1.37. The minimum absolute atomic E-state index is 0.217. The van der Waals surface area contributed by atoms with Crippen LogP contribution in [0.1, 0.15) is 29.8 Å². The van der Waals surface area contributed by atoms with E-state index in [0.717, 1.165) is 6.29 Å². The third-order valence-corrected chi connectivity index (χ3v) is 2.42. The molecule has 0 bridgehead atoms. The molecule has 0 atom stereocenters. The van der Waals surface area contributed by atoms with Crippen LogP contribution in [-0.4, -0.2) is 19.4 Å². The SMILES string of the molecule is COc1c(OC(=O)C(C)C)ccc(C=O)c1C. The van der Waals surface area contributed by atoms with Gasteiger partial charge >= 0.3 is 5.97 Å². The Morgan fingerprint density at radius 3 is 2.47 bits per heavy atom. The fraction of sp³-hybridized carbons (Fsp3) is 0.385. The molecule has 0 unspecified atom stereocenters. The van der Waals surface area contributed by atoms with Crippen LogP contribution in [0.15, 0.2) is 12.1 Å². The highest BCUT2D eigenvalue weighted by molar-refractivity contribution is 5.81. The molecule has 1 aromatic carbocycles. The van der Waals surface area contributed by atoms with Crippen molar-refractivity contribution in [1.29, 1.82) is 0 Å².